The summed E-state index contributed by atoms with van der Waals surface area (Å²) in [5.41, 5.74) is 3.54. The monoisotopic (exact) mass is 391 g/mol. The van der Waals surface area contributed by atoms with Gasteiger partial charge in [-0.15, -0.1) is 0 Å². The molecule has 0 unspecified atom stereocenters. The minimum Gasteiger partial charge on any atom is -0.507 e. The fourth-order valence-electron chi connectivity index (χ4n) is 2.66. The van der Waals surface area contributed by atoms with E-state index in [4.69, 9.17) is 0 Å². The lowest BCUT2D eigenvalue weighted by Crippen LogP contribution is -2.22. The molecular weight excluding hydrogens is 373 g/mol. The van der Waals surface area contributed by atoms with E-state index in [0.717, 1.165) is 0 Å². The van der Waals surface area contributed by atoms with Crippen molar-refractivity contribution in [3.63, 3.8) is 0 Å². The van der Waals surface area contributed by atoms with Gasteiger partial charge in [0.2, 0.25) is 0 Å². The van der Waals surface area contributed by atoms with Gasteiger partial charge in [0.15, 0.2) is 0 Å². The van der Waals surface area contributed by atoms with Crippen molar-refractivity contribution in [2.45, 2.75) is 6.92 Å². The van der Waals surface area contributed by atoms with Crippen LogP contribution in [0.3, 0.4) is 0 Å². The molecule has 0 fully saturated rings. The molecule has 2 amide bonds. The highest BCUT2D eigenvalue weighted by molar-refractivity contribution is 6.09. The second-order valence-electron chi connectivity index (χ2n) is 6.13. The van der Waals surface area contributed by atoms with Gasteiger partial charge in [-0.3, -0.25) is 9.59 Å². The molecule has 3 aromatic rings. The van der Waals surface area contributed by atoms with Gasteiger partial charge in [-0.2, -0.15) is 5.10 Å². The number of phenols is 1. The van der Waals surface area contributed by atoms with Crippen LogP contribution in [0.15, 0.2) is 77.9 Å². The molecular formula is C22H18FN3O3. The van der Waals surface area contributed by atoms with Crippen LogP contribution in [0.25, 0.3) is 0 Å². The topological polar surface area (TPSA) is 90.8 Å². The van der Waals surface area contributed by atoms with Gasteiger partial charge in [0.05, 0.1) is 22.5 Å². The summed E-state index contributed by atoms with van der Waals surface area (Å²) in [5, 5.41) is 16.4. The van der Waals surface area contributed by atoms with Crippen molar-refractivity contribution in [1.29, 1.82) is 0 Å². The number of aromatic hydroxyl groups is 1. The lowest BCUT2D eigenvalue weighted by Gasteiger charge is -2.11. The van der Waals surface area contributed by atoms with Crippen molar-refractivity contribution in [3.05, 3.63) is 95.3 Å². The maximum atomic E-state index is 13.8. The number of rotatable bonds is 5. The minimum atomic E-state index is -0.669. The van der Waals surface area contributed by atoms with E-state index in [2.05, 4.69) is 15.8 Å². The SMILES string of the molecule is C/C(=N\NC(=O)c1ccccc1NC(=O)c1ccccc1F)c1ccccc1O. The molecule has 0 spiro atoms. The van der Waals surface area contributed by atoms with Crippen LogP contribution in [0.5, 0.6) is 5.75 Å². The molecule has 0 aliphatic rings. The third-order valence-electron chi connectivity index (χ3n) is 4.16. The van der Waals surface area contributed by atoms with Crippen LogP contribution >= 0.6 is 0 Å². The first kappa shape index (κ1) is 19.8. The van der Waals surface area contributed by atoms with Gasteiger partial charge < -0.3 is 10.4 Å². The Kier molecular flexibility index (Phi) is 5.99. The van der Waals surface area contributed by atoms with E-state index in [1.807, 2.05) is 0 Å². The van der Waals surface area contributed by atoms with Gasteiger partial charge in [0, 0.05) is 5.56 Å². The molecule has 29 heavy (non-hydrogen) atoms. The van der Waals surface area contributed by atoms with E-state index in [9.17, 15) is 19.1 Å². The Balaban J connectivity index is 1.79. The minimum absolute atomic E-state index is 0.0422. The van der Waals surface area contributed by atoms with E-state index in [0.29, 0.717) is 11.3 Å². The number of hydrazone groups is 1. The first-order chi connectivity index (χ1) is 14.0. The number of phenolic OH excluding ortho intramolecular Hbond substituents is 1. The summed E-state index contributed by atoms with van der Waals surface area (Å²) in [5.74, 6) is -1.85. The van der Waals surface area contributed by atoms with Crippen molar-refractivity contribution in [3.8, 4) is 5.75 Å². The predicted molar refractivity (Wildman–Crippen MR) is 109 cm³/mol. The Bertz CT molecular complexity index is 1100. The standard InChI is InChI=1S/C22H18FN3O3/c1-14(15-8-4-7-13-20(15)27)25-26-22(29)17-10-3-6-12-19(17)24-21(28)16-9-2-5-11-18(16)23/h2-13,27H,1H3,(H,24,28)(H,26,29)/b25-14+. The Morgan fingerprint density at radius 2 is 1.41 bits per heavy atom. The fourth-order valence-corrected chi connectivity index (χ4v) is 2.66. The van der Waals surface area contributed by atoms with Crippen molar-refractivity contribution in [2.75, 3.05) is 5.32 Å². The van der Waals surface area contributed by atoms with Crippen molar-refractivity contribution in [2.24, 2.45) is 5.10 Å². The van der Waals surface area contributed by atoms with Gasteiger partial charge in [0.1, 0.15) is 11.6 Å². The summed E-state index contributed by atoms with van der Waals surface area (Å²) in [7, 11) is 0. The predicted octanol–water partition coefficient (Wildman–Crippen LogP) is 3.94. The zero-order valence-corrected chi connectivity index (χ0v) is 15.5. The largest absolute Gasteiger partial charge is 0.507 e. The number of para-hydroxylation sites is 2. The number of halogens is 1. The molecule has 0 bridgehead atoms. The van der Waals surface area contributed by atoms with Crippen molar-refractivity contribution < 1.29 is 19.1 Å². The number of anilines is 1. The van der Waals surface area contributed by atoms with E-state index in [1.54, 1.807) is 43.3 Å². The first-order valence-electron chi connectivity index (χ1n) is 8.75. The quantitative estimate of drug-likeness (QED) is 0.455. The second kappa shape index (κ2) is 8.79. The molecule has 146 valence electrons. The average Bonchev–Trinajstić information content (AvgIpc) is 2.72. The molecule has 0 saturated carbocycles. The second-order valence-corrected chi connectivity index (χ2v) is 6.13. The number of amides is 2. The average molecular weight is 391 g/mol. The lowest BCUT2D eigenvalue weighted by atomic mass is 10.1. The number of benzene rings is 3. The number of nitrogens with one attached hydrogen (secondary N) is 2. The Morgan fingerprint density at radius 1 is 0.828 bits per heavy atom. The smallest absolute Gasteiger partial charge is 0.273 e. The summed E-state index contributed by atoms with van der Waals surface area (Å²) in [6.07, 6.45) is 0. The Hall–Kier alpha value is -4.00. The van der Waals surface area contributed by atoms with Gasteiger partial charge >= 0.3 is 0 Å². The third-order valence-corrected chi connectivity index (χ3v) is 4.16. The maximum Gasteiger partial charge on any atom is 0.273 e. The summed E-state index contributed by atoms with van der Waals surface area (Å²) in [6, 6.07) is 18.5. The molecule has 7 heteroatoms. The summed E-state index contributed by atoms with van der Waals surface area (Å²) in [4.78, 5) is 24.9. The van der Waals surface area contributed by atoms with E-state index in [-0.39, 0.29) is 22.6 Å². The Morgan fingerprint density at radius 3 is 2.10 bits per heavy atom. The van der Waals surface area contributed by atoms with Crippen molar-refractivity contribution in [1.82, 2.24) is 5.43 Å². The molecule has 3 aromatic carbocycles. The van der Waals surface area contributed by atoms with Crippen LogP contribution in [-0.4, -0.2) is 22.6 Å². The summed E-state index contributed by atoms with van der Waals surface area (Å²) in [6.45, 7) is 1.64. The molecule has 6 nitrogen and oxygen atoms in total. The number of nitrogens with zero attached hydrogens (tertiary/aromatic N) is 1. The molecule has 0 aliphatic carbocycles. The first-order valence-corrected chi connectivity index (χ1v) is 8.75. The van der Waals surface area contributed by atoms with E-state index < -0.39 is 17.6 Å². The van der Waals surface area contributed by atoms with Crippen LogP contribution in [-0.2, 0) is 0 Å². The van der Waals surface area contributed by atoms with Crippen LogP contribution in [0, 0.1) is 5.82 Å². The molecule has 3 rings (SSSR count). The molecule has 0 aliphatic heterocycles. The van der Waals surface area contributed by atoms with Gasteiger partial charge in [0.25, 0.3) is 11.8 Å². The Labute approximate surface area is 166 Å². The highest BCUT2D eigenvalue weighted by Gasteiger charge is 2.16. The molecule has 0 aromatic heterocycles. The van der Waals surface area contributed by atoms with Crippen LogP contribution in [0.2, 0.25) is 0 Å². The number of hydrogen-bond acceptors (Lipinski definition) is 4. The number of carbonyl (C=O) groups excluding carboxylic acids is 2. The normalized spacial score (nSPS) is 11.0. The highest BCUT2D eigenvalue weighted by Crippen LogP contribution is 2.18. The lowest BCUT2D eigenvalue weighted by molar-refractivity contribution is 0.0955. The molecule has 0 saturated heterocycles. The zero-order valence-electron chi connectivity index (χ0n) is 15.5. The third kappa shape index (κ3) is 4.65. The van der Waals surface area contributed by atoms with Crippen LogP contribution in [0.1, 0.15) is 33.2 Å². The van der Waals surface area contributed by atoms with Gasteiger partial charge in [-0.1, -0.05) is 36.4 Å². The van der Waals surface area contributed by atoms with E-state index >= 15 is 0 Å². The van der Waals surface area contributed by atoms with E-state index in [1.165, 1.54) is 36.4 Å². The molecule has 3 N–H and O–H groups in total. The highest BCUT2D eigenvalue weighted by atomic mass is 19.1. The fraction of sp³-hybridized carbons (Fsp3) is 0.0455. The van der Waals surface area contributed by atoms with Gasteiger partial charge in [-0.25, -0.2) is 9.82 Å². The molecule has 0 atom stereocenters. The summed E-state index contributed by atoms with van der Waals surface area (Å²) >= 11 is 0. The molecule has 0 heterocycles. The maximum absolute atomic E-state index is 13.8. The molecule has 0 radical (unpaired) electrons. The zero-order chi connectivity index (χ0) is 20.8. The van der Waals surface area contributed by atoms with Gasteiger partial charge in [-0.05, 0) is 43.3 Å². The number of carbonyl (C=O) groups is 2. The number of hydrogen-bond donors (Lipinski definition) is 3. The van der Waals surface area contributed by atoms with Crippen LogP contribution in [0.4, 0.5) is 10.1 Å². The van der Waals surface area contributed by atoms with Crippen molar-refractivity contribution >= 4 is 23.2 Å². The van der Waals surface area contributed by atoms with Crippen LogP contribution < -0.4 is 10.7 Å². The summed E-state index contributed by atoms with van der Waals surface area (Å²) < 4.78 is 13.8.